The van der Waals surface area contributed by atoms with Crippen molar-refractivity contribution in [2.45, 2.75) is 61.7 Å². The minimum absolute atomic E-state index is 0.149. The van der Waals surface area contributed by atoms with Crippen LogP contribution < -0.4 is 10.1 Å². The summed E-state index contributed by atoms with van der Waals surface area (Å²) in [6.45, 7) is 5.56. The van der Waals surface area contributed by atoms with E-state index in [1.165, 1.54) is 27.6 Å². The van der Waals surface area contributed by atoms with Crippen LogP contribution in [0.5, 0.6) is 5.75 Å². The number of nitrogens with one attached hydrogen (secondary N) is 1. The van der Waals surface area contributed by atoms with Crippen molar-refractivity contribution >= 4 is 52.2 Å². The highest BCUT2D eigenvalue weighted by Gasteiger charge is 2.64. The largest absolute Gasteiger partial charge is 0.493 e. The number of amides is 3. The molecule has 0 aromatic heterocycles. The van der Waals surface area contributed by atoms with Gasteiger partial charge in [0.1, 0.15) is 29.0 Å². The Balaban J connectivity index is 0.000000220. The average Bonchev–Trinajstić information content (AvgIpc) is 3.39. The van der Waals surface area contributed by atoms with Crippen LogP contribution in [-0.4, -0.2) is 102 Å². The number of aliphatic hydroxyl groups excluding tert-OH is 1. The Hall–Kier alpha value is -4.30. The number of hydrogen-bond donors (Lipinski definition) is 4. The minimum atomic E-state index is -1.14. The molecular formula is C29H31N3O10S. The van der Waals surface area contributed by atoms with Crippen LogP contribution in [0.3, 0.4) is 0 Å². The molecule has 0 bridgehead atoms. The van der Waals surface area contributed by atoms with Gasteiger partial charge in [0.2, 0.25) is 11.8 Å². The average molecular weight is 614 g/mol. The normalized spacial score (nSPS) is 27.3. The lowest BCUT2D eigenvalue weighted by atomic mass is 9.95. The Bertz CT molecular complexity index is 1540. The molecule has 228 valence electrons. The van der Waals surface area contributed by atoms with E-state index in [2.05, 4.69) is 5.32 Å². The first-order valence-electron chi connectivity index (χ1n) is 13.6. The van der Waals surface area contributed by atoms with Crippen molar-refractivity contribution in [2.24, 2.45) is 0 Å². The van der Waals surface area contributed by atoms with Gasteiger partial charge >= 0.3 is 11.9 Å². The number of fused-ring (bicyclic) bond motifs is 3. The number of thioether (sulfide) groups is 1. The molecule has 0 radical (unpaired) electrons. The summed E-state index contributed by atoms with van der Waals surface area (Å²) in [6.07, 6.45) is 1.03. The molecule has 4 aliphatic heterocycles. The summed E-state index contributed by atoms with van der Waals surface area (Å²) in [5, 5.41) is 31.1. The SMILES string of the molecule is CCOc1ccc2ccccc2c1C(=O)N[C@@H]1C(=O)N2[C@@H]1SC(C)(C)[C@@H]2C(=O)O.O=C(O)[C@H]1/C(=C/CO)O[C@@H]2CC(=O)N21. The van der Waals surface area contributed by atoms with Gasteiger partial charge in [0, 0.05) is 4.75 Å². The van der Waals surface area contributed by atoms with Crippen molar-refractivity contribution in [3.8, 4) is 5.75 Å². The molecule has 4 fully saturated rings. The first-order valence-corrected chi connectivity index (χ1v) is 14.5. The van der Waals surface area contributed by atoms with Crippen molar-refractivity contribution < 1.29 is 48.8 Å². The highest BCUT2D eigenvalue weighted by Crippen LogP contribution is 2.51. The second kappa shape index (κ2) is 11.4. The van der Waals surface area contributed by atoms with E-state index in [0.717, 1.165) is 10.8 Å². The fourth-order valence-electron chi connectivity index (χ4n) is 5.78. The molecule has 43 heavy (non-hydrogen) atoms. The Morgan fingerprint density at radius 2 is 1.84 bits per heavy atom. The van der Waals surface area contributed by atoms with Gasteiger partial charge in [-0.1, -0.05) is 30.3 Å². The van der Waals surface area contributed by atoms with Gasteiger partial charge in [-0.3, -0.25) is 19.3 Å². The molecule has 5 atom stereocenters. The number of ether oxygens (including phenoxy) is 2. The van der Waals surface area contributed by atoms with Gasteiger partial charge < -0.3 is 35.0 Å². The number of carbonyl (C=O) groups excluding carboxylic acids is 3. The Kier molecular flexibility index (Phi) is 8.01. The van der Waals surface area contributed by atoms with Gasteiger partial charge in [-0.25, -0.2) is 9.59 Å². The second-order valence-electron chi connectivity index (χ2n) is 10.7. The summed E-state index contributed by atoms with van der Waals surface area (Å²) in [7, 11) is 0. The molecule has 2 aromatic rings. The zero-order valence-electron chi connectivity index (χ0n) is 23.6. The number of rotatable bonds is 7. The predicted octanol–water partition coefficient (Wildman–Crippen LogP) is 1.39. The number of carbonyl (C=O) groups is 5. The number of nitrogens with zero attached hydrogens (tertiary/aromatic N) is 2. The van der Waals surface area contributed by atoms with Crippen molar-refractivity contribution in [3.05, 3.63) is 53.8 Å². The van der Waals surface area contributed by atoms with Gasteiger partial charge in [-0.15, -0.1) is 11.8 Å². The molecule has 2 aromatic carbocycles. The number of carboxylic acids is 2. The van der Waals surface area contributed by atoms with Crippen molar-refractivity contribution in [2.75, 3.05) is 13.2 Å². The van der Waals surface area contributed by atoms with E-state index in [4.69, 9.17) is 19.7 Å². The van der Waals surface area contributed by atoms with Crippen LogP contribution in [0.15, 0.2) is 48.2 Å². The first kappa shape index (κ1) is 30.2. The fraction of sp³-hybridized carbons (Fsp3) is 0.414. The highest BCUT2D eigenvalue weighted by molar-refractivity contribution is 8.01. The summed E-state index contributed by atoms with van der Waals surface area (Å²) >= 11 is 1.40. The van der Waals surface area contributed by atoms with Gasteiger partial charge in [0.25, 0.3) is 5.91 Å². The number of β-lactam (4-membered cyclic amide) rings is 2. The molecular weight excluding hydrogens is 582 g/mol. The lowest BCUT2D eigenvalue weighted by molar-refractivity contribution is -0.163. The molecule has 14 heteroatoms. The molecule has 0 spiro atoms. The van der Waals surface area contributed by atoms with E-state index in [1.807, 2.05) is 37.3 Å². The van der Waals surface area contributed by atoms with Gasteiger partial charge in [0.15, 0.2) is 12.3 Å². The first-order chi connectivity index (χ1) is 20.4. The minimum Gasteiger partial charge on any atom is -0.493 e. The standard InChI is InChI=1S/C21H22N2O5S.C8H9NO5/c1-4-28-13-10-9-11-7-5-6-8-12(11)14(13)17(24)22-15-18(25)23-16(20(26)27)21(2,3)29-19(15)23;10-2-1-4-7(8(12)13)9-5(11)3-6(9)14-4/h5-10,15-16,19H,4H2,1-3H3,(H,22,24)(H,26,27);1,6-7,10H,2-3H2,(H,12,13)/b;4-1-/t15-,16+,19-;6-,7-/m11/s1. The van der Waals surface area contributed by atoms with Crippen molar-refractivity contribution in [1.29, 1.82) is 0 Å². The molecule has 0 saturated carbocycles. The summed E-state index contributed by atoms with van der Waals surface area (Å²) < 4.78 is 10.2. The third kappa shape index (κ3) is 5.14. The second-order valence-corrected chi connectivity index (χ2v) is 12.5. The third-order valence-corrected chi connectivity index (χ3v) is 9.24. The number of hydrogen-bond acceptors (Lipinski definition) is 9. The molecule has 4 aliphatic rings. The van der Waals surface area contributed by atoms with E-state index >= 15 is 0 Å². The van der Waals surface area contributed by atoms with E-state index < -0.39 is 52.3 Å². The number of carboxylic acid groups (broad SMARTS) is 2. The lowest BCUT2D eigenvalue weighted by Gasteiger charge is -2.43. The van der Waals surface area contributed by atoms with Crippen LogP contribution in [-0.2, 0) is 23.9 Å². The molecule has 3 amide bonds. The van der Waals surface area contributed by atoms with E-state index in [0.29, 0.717) is 17.9 Å². The van der Waals surface area contributed by atoms with Crippen LogP contribution in [0.1, 0.15) is 37.6 Å². The summed E-state index contributed by atoms with van der Waals surface area (Å²) in [6, 6.07) is 8.40. The highest BCUT2D eigenvalue weighted by atomic mass is 32.2. The van der Waals surface area contributed by atoms with Crippen LogP contribution in [0.2, 0.25) is 0 Å². The van der Waals surface area contributed by atoms with E-state index in [9.17, 15) is 29.1 Å². The monoisotopic (exact) mass is 613 g/mol. The van der Waals surface area contributed by atoms with Crippen LogP contribution >= 0.6 is 11.8 Å². The number of aliphatic carboxylic acids is 2. The van der Waals surface area contributed by atoms with E-state index in [-0.39, 0.29) is 30.6 Å². The molecule has 4 N–H and O–H groups in total. The number of benzene rings is 2. The fourth-order valence-corrected chi connectivity index (χ4v) is 7.40. The molecule has 6 rings (SSSR count). The van der Waals surface area contributed by atoms with Crippen molar-refractivity contribution in [1.82, 2.24) is 15.1 Å². The van der Waals surface area contributed by atoms with Crippen molar-refractivity contribution in [3.63, 3.8) is 0 Å². The molecule has 13 nitrogen and oxygen atoms in total. The maximum absolute atomic E-state index is 13.2. The quantitative estimate of drug-likeness (QED) is 0.331. The summed E-state index contributed by atoms with van der Waals surface area (Å²) in [5.74, 6) is -2.57. The molecule has 4 saturated heterocycles. The van der Waals surface area contributed by atoms with Gasteiger partial charge in [-0.2, -0.15) is 0 Å². The number of aliphatic hydroxyl groups is 1. The summed E-state index contributed by atoms with van der Waals surface area (Å²) in [5.41, 5.74) is 0.383. The Morgan fingerprint density at radius 1 is 1.12 bits per heavy atom. The summed E-state index contributed by atoms with van der Waals surface area (Å²) in [4.78, 5) is 62.0. The van der Waals surface area contributed by atoms with Crippen LogP contribution in [0.25, 0.3) is 10.8 Å². The zero-order valence-corrected chi connectivity index (χ0v) is 24.4. The lowest BCUT2D eigenvalue weighted by Crippen LogP contribution is -2.70. The van der Waals surface area contributed by atoms with Gasteiger partial charge in [-0.05, 0) is 43.7 Å². The Morgan fingerprint density at radius 3 is 2.47 bits per heavy atom. The molecule has 4 heterocycles. The zero-order chi connectivity index (χ0) is 31.2. The predicted molar refractivity (Wildman–Crippen MR) is 153 cm³/mol. The van der Waals surface area contributed by atoms with E-state index in [1.54, 1.807) is 19.9 Å². The smallest absolute Gasteiger partial charge is 0.334 e. The van der Waals surface area contributed by atoms with Gasteiger partial charge in [0.05, 0.1) is 25.2 Å². The maximum atomic E-state index is 13.2. The topological polar surface area (TPSA) is 183 Å². The van der Waals surface area contributed by atoms with Crippen LogP contribution in [0, 0.1) is 0 Å². The molecule has 0 unspecified atom stereocenters. The molecule has 0 aliphatic carbocycles. The maximum Gasteiger partial charge on any atom is 0.334 e. The third-order valence-electron chi connectivity index (χ3n) is 7.67. The van der Waals surface area contributed by atoms with Crippen LogP contribution in [0.4, 0.5) is 0 Å². The Labute approximate surface area is 250 Å².